The zero-order valence-electron chi connectivity index (χ0n) is 12.9. The number of sulfonamides is 1. The Hall–Kier alpha value is -1.44. The van der Waals surface area contributed by atoms with Gasteiger partial charge in [-0.15, -0.1) is 0 Å². The quantitative estimate of drug-likeness (QED) is 0.702. The molecule has 0 unspecified atom stereocenters. The summed E-state index contributed by atoms with van der Waals surface area (Å²) in [6.07, 6.45) is 1.15. The lowest BCUT2D eigenvalue weighted by Gasteiger charge is -2.25. The minimum absolute atomic E-state index is 0.102. The maximum atomic E-state index is 11.2. The summed E-state index contributed by atoms with van der Waals surface area (Å²) < 4.78 is 25.0. The lowest BCUT2D eigenvalue weighted by molar-refractivity contribution is -0.114. The zero-order chi connectivity index (χ0) is 16.1. The molecular formula is C14H23N3O3S. The first-order chi connectivity index (χ1) is 9.57. The van der Waals surface area contributed by atoms with Gasteiger partial charge in [0.15, 0.2) is 0 Å². The number of nitrogens with one attached hydrogen (secondary N) is 3. The molecule has 7 heteroatoms. The molecular weight excluding hydrogens is 290 g/mol. The standard InChI is InChI=1S/C14H23N3O3S/c1-11(18)16-13-7-5-12(6-8-13)9-15-10-14(2,3)17-21(4,19)20/h5-8,15,17H,9-10H2,1-4H3,(H,16,18). The third-order valence-electron chi connectivity index (χ3n) is 2.63. The van der Waals surface area contributed by atoms with E-state index in [4.69, 9.17) is 0 Å². The number of benzene rings is 1. The third-order valence-corrected chi connectivity index (χ3v) is 3.56. The van der Waals surface area contributed by atoms with Gasteiger partial charge in [-0.3, -0.25) is 4.79 Å². The van der Waals surface area contributed by atoms with Gasteiger partial charge in [-0.25, -0.2) is 13.1 Å². The Morgan fingerprint density at radius 1 is 1.19 bits per heavy atom. The molecule has 0 aliphatic rings. The van der Waals surface area contributed by atoms with Gasteiger partial charge in [-0.05, 0) is 31.5 Å². The van der Waals surface area contributed by atoms with Gasteiger partial charge >= 0.3 is 0 Å². The van der Waals surface area contributed by atoms with Crippen molar-refractivity contribution in [2.75, 3.05) is 18.1 Å². The molecule has 21 heavy (non-hydrogen) atoms. The van der Waals surface area contributed by atoms with Gasteiger partial charge < -0.3 is 10.6 Å². The fraction of sp³-hybridized carbons (Fsp3) is 0.500. The predicted molar refractivity (Wildman–Crippen MR) is 84.5 cm³/mol. The maximum Gasteiger partial charge on any atom is 0.221 e. The second kappa shape index (κ2) is 7.02. The number of anilines is 1. The molecule has 0 aliphatic carbocycles. The molecule has 1 aromatic carbocycles. The maximum absolute atomic E-state index is 11.2. The number of carbonyl (C=O) groups is 1. The van der Waals surface area contributed by atoms with Crippen molar-refractivity contribution in [3.8, 4) is 0 Å². The van der Waals surface area contributed by atoms with E-state index in [9.17, 15) is 13.2 Å². The van der Waals surface area contributed by atoms with Gasteiger partial charge in [-0.1, -0.05) is 12.1 Å². The van der Waals surface area contributed by atoms with Crippen molar-refractivity contribution in [1.82, 2.24) is 10.0 Å². The first-order valence-electron chi connectivity index (χ1n) is 6.64. The molecule has 0 saturated carbocycles. The number of hydrogen-bond donors (Lipinski definition) is 3. The van der Waals surface area contributed by atoms with Crippen molar-refractivity contribution in [3.05, 3.63) is 29.8 Å². The summed E-state index contributed by atoms with van der Waals surface area (Å²) in [6.45, 7) is 6.23. The Balaban J connectivity index is 2.47. The Kier molecular flexibility index (Phi) is 5.88. The molecule has 0 aliphatic heterocycles. The smallest absolute Gasteiger partial charge is 0.221 e. The highest BCUT2D eigenvalue weighted by Crippen LogP contribution is 2.10. The van der Waals surface area contributed by atoms with Gasteiger partial charge in [0, 0.05) is 31.2 Å². The molecule has 0 aromatic heterocycles. The van der Waals surface area contributed by atoms with Crippen LogP contribution in [-0.2, 0) is 21.4 Å². The average molecular weight is 313 g/mol. The molecule has 0 atom stereocenters. The topological polar surface area (TPSA) is 87.3 Å². The number of hydrogen-bond acceptors (Lipinski definition) is 4. The van der Waals surface area contributed by atoms with Crippen LogP contribution in [0.1, 0.15) is 26.3 Å². The van der Waals surface area contributed by atoms with E-state index in [2.05, 4.69) is 15.4 Å². The van der Waals surface area contributed by atoms with Crippen molar-refractivity contribution in [2.45, 2.75) is 32.9 Å². The van der Waals surface area contributed by atoms with Crippen LogP contribution >= 0.6 is 0 Å². The molecule has 0 heterocycles. The summed E-state index contributed by atoms with van der Waals surface area (Å²) in [5.41, 5.74) is 1.26. The molecule has 6 nitrogen and oxygen atoms in total. The summed E-state index contributed by atoms with van der Waals surface area (Å²) in [5, 5.41) is 5.91. The number of rotatable bonds is 7. The van der Waals surface area contributed by atoms with Crippen LogP contribution in [0.3, 0.4) is 0 Å². The Bertz CT molecular complexity index is 580. The van der Waals surface area contributed by atoms with Crippen molar-refractivity contribution in [2.24, 2.45) is 0 Å². The largest absolute Gasteiger partial charge is 0.326 e. The van der Waals surface area contributed by atoms with E-state index in [0.717, 1.165) is 17.5 Å². The van der Waals surface area contributed by atoms with Crippen LogP contribution in [0, 0.1) is 0 Å². The fourth-order valence-electron chi connectivity index (χ4n) is 1.97. The second-order valence-corrected chi connectivity index (χ2v) is 7.49. The van der Waals surface area contributed by atoms with E-state index in [0.29, 0.717) is 13.1 Å². The first kappa shape index (κ1) is 17.6. The molecule has 3 N–H and O–H groups in total. The van der Waals surface area contributed by atoms with Crippen molar-refractivity contribution < 1.29 is 13.2 Å². The first-order valence-corrected chi connectivity index (χ1v) is 8.53. The van der Waals surface area contributed by atoms with Crippen LogP contribution in [0.15, 0.2) is 24.3 Å². The van der Waals surface area contributed by atoms with Gasteiger partial charge in [0.05, 0.1) is 6.26 Å². The lowest BCUT2D eigenvalue weighted by atomic mass is 10.1. The SMILES string of the molecule is CC(=O)Nc1ccc(CNCC(C)(C)NS(C)(=O)=O)cc1. The monoisotopic (exact) mass is 313 g/mol. The van der Waals surface area contributed by atoms with Crippen molar-refractivity contribution in [1.29, 1.82) is 0 Å². The van der Waals surface area contributed by atoms with Gasteiger partial charge in [-0.2, -0.15) is 0 Å². The third kappa shape index (κ3) is 7.79. The molecule has 0 bridgehead atoms. The summed E-state index contributed by atoms with van der Waals surface area (Å²) in [6, 6.07) is 7.49. The predicted octanol–water partition coefficient (Wildman–Crippen LogP) is 1.06. The van der Waals surface area contributed by atoms with Crippen LogP contribution in [0.2, 0.25) is 0 Å². The molecule has 118 valence electrons. The van der Waals surface area contributed by atoms with E-state index in [1.54, 1.807) is 0 Å². The normalized spacial score (nSPS) is 12.2. The minimum Gasteiger partial charge on any atom is -0.326 e. The number of amides is 1. The molecule has 0 spiro atoms. The minimum atomic E-state index is -3.22. The molecule has 1 rings (SSSR count). The highest BCUT2D eigenvalue weighted by molar-refractivity contribution is 7.88. The Labute approximate surface area is 126 Å². The van der Waals surface area contributed by atoms with Crippen LogP contribution in [0.5, 0.6) is 0 Å². The summed E-state index contributed by atoms with van der Waals surface area (Å²) in [7, 11) is -3.22. The fourth-order valence-corrected chi connectivity index (χ4v) is 3.04. The molecule has 1 amide bonds. The highest BCUT2D eigenvalue weighted by atomic mass is 32.2. The number of carbonyl (C=O) groups excluding carboxylic acids is 1. The van der Waals surface area contributed by atoms with E-state index >= 15 is 0 Å². The van der Waals surface area contributed by atoms with E-state index in [1.165, 1.54) is 6.92 Å². The van der Waals surface area contributed by atoms with E-state index < -0.39 is 15.6 Å². The average Bonchev–Trinajstić information content (AvgIpc) is 2.27. The summed E-state index contributed by atoms with van der Waals surface area (Å²) in [5.74, 6) is -0.102. The Morgan fingerprint density at radius 3 is 2.24 bits per heavy atom. The van der Waals surface area contributed by atoms with Crippen LogP contribution in [0.25, 0.3) is 0 Å². The summed E-state index contributed by atoms with van der Waals surface area (Å²) in [4.78, 5) is 10.9. The highest BCUT2D eigenvalue weighted by Gasteiger charge is 2.21. The van der Waals surface area contributed by atoms with Crippen molar-refractivity contribution in [3.63, 3.8) is 0 Å². The molecule has 0 saturated heterocycles. The van der Waals surface area contributed by atoms with Gasteiger partial charge in [0.25, 0.3) is 0 Å². The molecule has 0 radical (unpaired) electrons. The zero-order valence-corrected chi connectivity index (χ0v) is 13.7. The van der Waals surface area contributed by atoms with Crippen LogP contribution < -0.4 is 15.4 Å². The van der Waals surface area contributed by atoms with E-state index in [1.807, 2.05) is 38.1 Å². The Morgan fingerprint density at radius 2 is 1.76 bits per heavy atom. The second-order valence-electron chi connectivity index (χ2n) is 5.74. The van der Waals surface area contributed by atoms with Crippen LogP contribution in [-0.4, -0.2) is 32.7 Å². The molecule has 1 aromatic rings. The van der Waals surface area contributed by atoms with Crippen molar-refractivity contribution >= 4 is 21.6 Å². The van der Waals surface area contributed by atoms with Crippen LogP contribution in [0.4, 0.5) is 5.69 Å². The summed E-state index contributed by atoms with van der Waals surface area (Å²) >= 11 is 0. The van der Waals surface area contributed by atoms with E-state index in [-0.39, 0.29) is 5.91 Å². The molecule has 0 fully saturated rings. The van der Waals surface area contributed by atoms with Gasteiger partial charge in [0.1, 0.15) is 0 Å². The lowest BCUT2D eigenvalue weighted by Crippen LogP contribution is -2.49. The van der Waals surface area contributed by atoms with Gasteiger partial charge in [0.2, 0.25) is 15.9 Å².